The minimum atomic E-state index is 0.463. The molecule has 2 unspecified atom stereocenters. The second kappa shape index (κ2) is 7.89. The number of hydrogen-bond donors (Lipinski definition) is 1. The minimum Gasteiger partial charge on any atom is -0.328 e. The molecule has 0 saturated heterocycles. The van der Waals surface area contributed by atoms with Gasteiger partial charge in [0.2, 0.25) is 0 Å². The summed E-state index contributed by atoms with van der Waals surface area (Å²) in [6.45, 7) is 6.15. The van der Waals surface area contributed by atoms with E-state index in [9.17, 15) is 0 Å². The van der Waals surface area contributed by atoms with Crippen molar-refractivity contribution in [2.24, 2.45) is 11.7 Å². The Labute approximate surface area is 101 Å². The van der Waals surface area contributed by atoms with E-state index >= 15 is 0 Å². The Bertz CT molecular complexity index is 198. The number of allylic oxidation sites excluding steroid dienone is 1. The van der Waals surface area contributed by atoms with Crippen LogP contribution in [0.4, 0.5) is 0 Å². The van der Waals surface area contributed by atoms with Gasteiger partial charge in [0.05, 0.1) is 0 Å². The highest BCUT2D eigenvalue weighted by Gasteiger charge is 2.13. The molecule has 0 amide bonds. The van der Waals surface area contributed by atoms with E-state index < -0.39 is 0 Å². The standard InChI is InChI=1S/C15H29N/c1-13(2)9-10-14-7-5-3-4-6-8-15(16)12-11-14/h14-15H,1,3-12,16H2,2H3. The lowest BCUT2D eigenvalue weighted by atomic mass is 9.87. The van der Waals surface area contributed by atoms with Crippen LogP contribution in [0, 0.1) is 5.92 Å². The van der Waals surface area contributed by atoms with Crippen molar-refractivity contribution in [2.75, 3.05) is 0 Å². The molecule has 0 bridgehead atoms. The van der Waals surface area contributed by atoms with E-state index in [0.29, 0.717) is 6.04 Å². The molecule has 0 heterocycles. The van der Waals surface area contributed by atoms with Crippen molar-refractivity contribution in [3.05, 3.63) is 12.2 Å². The summed E-state index contributed by atoms with van der Waals surface area (Å²) >= 11 is 0. The van der Waals surface area contributed by atoms with Crippen LogP contribution in [0.2, 0.25) is 0 Å². The van der Waals surface area contributed by atoms with Crippen molar-refractivity contribution in [1.82, 2.24) is 0 Å². The van der Waals surface area contributed by atoms with Crippen molar-refractivity contribution < 1.29 is 0 Å². The van der Waals surface area contributed by atoms with Crippen LogP contribution in [0.25, 0.3) is 0 Å². The average molecular weight is 223 g/mol. The summed E-state index contributed by atoms with van der Waals surface area (Å²) < 4.78 is 0. The van der Waals surface area contributed by atoms with Crippen LogP contribution in [-0.2, 0) is 0 Å². The molecule has 1 fully saturated rings. The van der Waals surface area contributed by atoms with Gasteiger partial charge in [-0.05, 0) is 44.9 Å². The summed E-state index contributed by atoms with van der Waals surface area (Å²) in [5.41, 5.74) is 7.46. The maximum atomic E-state index is 6.13. The van der Waals surface area contributed by atoms with Gasteiger partial charge in [0, 0.05) is 6.04 Å². The first-order valence-electron chi connectivity index (χ1n) is 7.08. The molecular weight excluding hydrogens is 194 g/mol. The highest BCUT2D eigenvalue weighted by atomic mass is 14.6. The third-order valence-electron chi connectivity index (χ3n) is 3.86. The summed E-state index contributed by atoms with van der Waals surface area (Å²) in [6.07, 6.45) is 13.4. The first-order valence-corrected chi connectivity index (χ1v) is 7.08. The second-order valence-electron chi connectivity index (χ2n) is 5.69. The van der Waals surface area contributed by atoms with E-state index in [2.05, 4.69) is 13.5 Å². The van der Waals surface area contributed by atoms with E-state index in [4.69, 9.17) is 5.73 Å². The molecule has 2 N–H and O–H groups in total. The Morgan fingerprint density at radius 1 is 1.06 bits per heavy atom. The van der Waals surface area contributed by atoms with Gasteiger partial charge in [0.15, 0.2) is 0 Å². The van der Waals surface area contributed by atoms with Gasteiger partial charge >= 0.3 is 0 Å². The van der Waals surface area contributed by atoms with Crippen LogP contribution >= 0.6 is 0 Å². The average Bonchev–Trinajstić information content (AvgIpc) is 2.25. The predicted molar refractivity (Wildman–Crippen MR) is 72.4 cm³/mol. The zero-order valence-electron chi connectivity index (χ0n) is 11.0. The fourth-order valence-corrected chi connectivity index (χ4v) is 2.67. The Balaban J connectivity index is 2.31. The summed E-state index contributed by atoms with van der Waals surface area (Å²) in [5.74, 6) is 0.904. The topological polar surface area (TPSA) is 26.0 Å². The molecule has 2 atom stereocenters. The van der Waals surface area contributed by atoms with Crippen molar-refractivity contribution >= 4 is 0 Å². The quantitative estimate of drug-likeness (QED) is 0.704. The highest BCUT2D eigenvalue weighted by molar-refractivity contribution is 4.88. The Hall–Kier alpha value is -0.300. The van der Waals surface area contributed by atoms with Crippen molar-refractivity contribution in [3.63, 3.8) is 0 Å². The van der Waals surface area contributed by atoms with Gasteiger partial charge in [-0.15, -0.1) is 6.58 Å². The van der Waals surface area contributed by atoms with E-state index in [1.165, 1.54) is 69.8 Å². The minimum absolute atomic E-state index is 0.463. The molecule has 1 aliphatic rings. The largest absolute Gasteiger partial charge is 0.328 e. The Morgan fingerprint density at radius 2 is 1.75 bits per heavy atom. The first kappa shape index (κ1) is 13.8. The monoisotopic (exact) mass is 223 g/mol. The number of hydrogen-bond acceptors (Lipinski definition) is 1. The van der Waals surface area contributed by atoms with Gasteiger partial charge in [-0.1, -0.05) is 37.7 Å². The molecule has 1 heteroatoms. The van der Waals surface area contributed by atoms with Crippen LogP contribution in [0.1, 0.15) is 71.1 Å². The van der Waals surface area contributed by atoms with E-state index in [1.807, 2.05) is 0 Å². The van der Waals surface area contributed by atoms with Gasteiger partial charge in [-0.2, -0.15) is 0 Å². The van der Waals surface area contributed by atoms with Crippen LogP contribution in [0.3, 0.4) is 0 Å². The van der Waals surface area contributed by atoms with Crippen LogP contribution in [0.15, 0.2) is 12.2 Å². The first-order chi connectivity index (χ1) is 7.68. The van der Waals surface area contributed by atoms with Crippen molar-refractivity contribution in [2.45, 2.75) is 77.2 Å². The van der Waals surface area contributed by atoms with E-state index in [0.717, 1.165) is 5.92 Å². The molecule has 0 spiro atoms. The van der Waals surface area contributed by atoms with Gasteiger partial charge in [0.25, 0.3) is 0 Å². The Morgan fingerprint density at radius 3 is 2.44 bits per heavy atom. The molecule has 16 heavy (non-hydrogen) atoms. The summed E-state index contributed by atoms with van der Waals surface area (Å²) in [6, 6.07) is 0.463. The van der Waals surface area contributed by atoms with Gasteiger partial charge in [-0.25, -0.2) is 0 Å². The predicted octanol–water partition coefficient (Wildman–Crippen LogP) is 4.42. The molecule has 0 aromatic carbocycles. The molecular formula is C15H29N. The fourth-order valence-electron chi connectivity index (χ4n) is 2.67. The molecule has 1 nitrogen and oxygen atoms in total. The molecule has 0 aromatic heterocycles. The maximum Gasteiger partial charge on any atom is 0.00389 e. The van der Waals surface area contributed by atoms with E-state index in [-0.39, 0.29) is 0 Å². The highest BCUT2D eigenvalue weighted by Crippen LogP contribution is 2.25. The van der Waals surface area contributed by atoms with Crippen LogP contribution in [-0.4, -0.2) is 6.04 Å². The van der Waals surface area contributed by atoms with Gasteiger partial charge < -0.3 is 5.73 Å². The van der Waals surface area contributed by atoms with Crippen LogP contribution < -0.4 is 5.73 Å². The van der Waals surface area contributed by atoms with Crippen molar-refractivity contribution in [3.8, 4) is 0 Å². The third-order valence-corrected chi connectivity index (χ3v) is 3.86. The van der Waals surface area contributed by atoms with Gasteiger partial charge in [-0.3, -0.25) is 0 Å². The summed E-state index contributed by atoms with van der Waals surface area (Å²) in [7, 11) is 0. The molecule has 1 saturated carbocycles. The molecule has 1 rings (SSSR count). The Kier molecular flexibility index (Phi) is 6.79. The zero-order chi connectivity index (χ0) is 11.8. The number of nitrogens with two attached hydrogens (primary N) is 1. The molecule has 1 aliphatic carbocycles. The second-order valence-corrected chi connectivity index (χ2v) is 5.69. The molecule has 94 valence electrons. The fraction of sp³-hybridized carbons (Fsp3) is 0.867. The summed E-state index contributed by atoms with van der Waals surface area (Å²) in [5, 5.41) is 0. The SMILES string of the molecule is C=C(C)CCC1CCCCCCC(N)CC1. The molecule has 0 aliphatic heterocycles. The lowest BCUT2D eigenvalue weighted by molar-refractivity contribution is 0.352. The smallest absolute Gasteiger partial charge is 0.00389 e. The van der Waals surface area contributed by atoms with Crippen molar-refractivity contribution in [1.29, 1.82) is 0 Å². The zero-order valence-corrected chi connectivity index (χ0v) is 11.0. The molecule has 0 radical (unpaired) electrons. The van der Waals surface area contributed by atoms with Crippen LogP contribution in [0.5, 0.6) is 0 Å². The normalized spacial score (nSPS) is 28.6. The van der Waals surface area contributed by atoms with Gasteiger partial charge in [0.1, 0.15) is 0 Å². The third kappa shape index (κ3) is 6.32. The lowest BCUT2D eigenvalue weighted by Crippen LogP contribution is -2.21. The van der Waals surface area contributed by atoms with E-state index in [1.54, 1.807) is 0 Å². The molecule has 0 aromatic rings. The maximum absolute atomic E-state index is 6.13. The lowest BCUT2D eigenvalue weighted by Gasteiger charge is -2.21. The summed E-state index contributed by atoms with van der Waals surface area (Å²) in [4.78, 5) is 0. The number of rotatable bonds is 3.